The zero-order chi connectivity index (χ0) is 16.7. The lowest BCUT2D eigenvalue weighted by molar-refractivity contribution is -0.385. The van der Waals surface area contributed by atoms with E-state index in [2.05, 4.69) is 10.5 Å². The fourth-order valence-corrected chi connectivity index (χ4v) is 1.76. The van der Waals surface area contributed by atoms with Gasteiger partial charge in [-0.15, -0.1) is 0 Å². The molecule has 0 aromatic heterocycles. The lowest BCUT2D eigenvalue weighted by Crippen LogP contribution is -2.24. The van der Waals surface area contributed by atoms with Gasteiger partial charge in [-0.2, -0.15) is 5.10 Å². The number of nitro groups is 1. The number of rotatable bonds is 6. The predicted octanol–water partition coefficient (Wildman–Crippen LogP) is 2.78. The molecule has 23 heavy (non-hydrogen) atoms. The van der Waals surface area contributed by atoms with Crippen LogP contribution in [0.2, 0.25) is 5.02 Å². The van der Waals surface area contributed by atoms with Gasteiger partial charge < -0.3 is 4.74 Å². The van der Waals surface area contributed by atoms with Gasteiger partial charge >= 0.3 is 5.69 Å². The number of ether oxygens (including phenoxy) is 1. The standard InChI is InChI=1S/C15H12ClN3O4/c16-12-7-5-11(6-8-12)9-17-18-15(20)10-23-14-4-2-1-3-13(14)19(21)22/h1-9H,10H2,(H,18,20). The summed E-state index contributed by atoms with van der Waals surface area (Å²) in [5.41, 5.74) is 2.82. The van der Waals surface area contributed by atoms with Crippen LogP contribution in [0.1, 0.15) is 5.56 Å². The predicted molar refractivity (Wildman–Crippen MR) is 85.8 cm³/mol. The summed E-state index contributed by atoms with van der Waals surface area (Å²) in [7, 11) is 0. The molecule has 0 atom stereocenters. The Bertz CT molecular complexity index is 732. The van der Waals surface area contributed by atoms with Crippen molar-refractivity contribution >= 4 is 29.4 Å². The first-order valence-electron chi connectivity index (χ1n) is 6.50. The van der Waals surface area contributed by atoms with Crippen LogP contribution in [-0.4, -0.2) is 23.7 Å². The fourth-order valence-electron chi connectivity index (χ4n) is 1.63. The molecule has 0 radical (unpaired) electrons. The van der Waals surface area contributed by atoms with Crippen molar-refractivity contribution in [3.8, 4) is 5.75 Å². The molecule has 0 saturated carbocycles. The third-order valence-corrected chi connectivity index (χ3v) is 2.95. The van der Waals surface area contributed by atoms with E-state index >= 15 is 0 Å². The number of hydrazone groups is 1. The van der Waals surface area contributed by atoms with Gasteiger partial charge in [0.1, 0.15) is 0 Å². The summed E-state index contributed by atoms with van der Waals surface area (Å²) in [6.45, 7) is -0.386. The van der Waals surface area contributed by atoms with Crippen LogP contribution >= 0.6 is 11.6 Å². The molecule has 0 aliphatic carbocycles. The minimum absolute atomic E-state index is 0.0225. The number of carbonyl (C=O) groups is 1. The summed E-state index contributed by atoms with van der Waals surface area (Å²) < 4.78 is 5.13. The van der Waals surface area contributed by atoms with Crippen molar-refractivity contribution < 1.29 is 14.5 Å². The van der Waals surface area contributed by atoms with Gasteiger partial charge in [-0.1, -0.05) is 35.9 Å². The molecule has 0 spiro atoms. The van der Waals surface area contributed by atoms with E-state index in [9.17, 15) is 14.9 Å². The van der Waals surface area contributed by atoms with Crippen LogP contribution in [0.5, 0.6) is 5.75 Å². The molecule has 0 aliphatic heterocycles. The molecule has 0 bridgehead atoms. The van der Waals surface area contributed by atoms with Crippen LogP contribution < -0.4 is 10.2 Å². The van der Waals surface area contributed by atoms with Gasteiger partial charge in [0.25, 0.3) is 5.91 Å². The van der Waals surface area contributed by atoms with Crippen molar-refractivity contribution in [2.24, 2.45) is 5.10 Å². The van der Waals surface area contributed by atoms with Crippen molar-refractivity contribution in [1.29, 1.82) is 0 Å². The normalized spacial score (nSPS) is 10.5. The van der Waals surface area contributed by atoms with Crippen LogP contribution in [0.3, 0.4) is 0 Å². The molecule has 2 aromatic rings. The molecule has 0 fully saturated rings. The highest BCUT2D eigenvalue weighted by molar-refractivity contribution is 6.30. The number of nitro benzene ring substituents is 1. The number of halogens is 1. The highest BCUT2D eigenvalue weighted by atomic mass is 35.5. The molecule has 1 amide bonds. The molecule has 0 heterocycles. The summed E-state index contributed by atoms with van der Waals surface area (Å²) in [6.07, 6.45) is 1.44. The number of para-hydroxylation sites is 2. The Labute approximate surface area is 136 Å². The van der Waals surface area contributed by atoms with Crippen molar-refractivity contribution in [2.75, 3.05) is 6.61 Å². The Balaban J connectivity index is 1.86. The summed E-state index contributed by atoms with van der Waals surface area (Å²) in [6, 6.07) is 12.7. The van der Waals surface area contributed by atoms with E-state index in [0.29, 0.717) is 5.02 Å². The van der Waals surface area contributed by atoms with E-state index < -0.39 is 10.8 Å². The number of nitrogens with one attached hydrogen (secondary N) is 1. The SMILES string of the molecule is O=C(COc1ccccc1[N+](=O)[O-])NN=Cc1ccc(Cl)cc1. The van der Waals surface area contributed by atoms with Gasteiger partial charge in [-0.3, -0.25) is 14.9 Å². The quantitative estimate of drug-likeness (QED) is 0.499. The first-order chi connectivity index (χ1) is 11.1. The van der Waals surface area contributed by atoms with E-state index in [-0.39, 0.29) is 18.0 Å². The molecule has 118 valence electrons. The van der Waals surface area contributed by atoms with E-state index in [1.54, 1.807) is 30.3 Å². The lowest BCUT2D eigenvalue weighted by Gasteiger charge is -2.05. The second-order valence-corrected chi connectivity index (χ2v) is 4.79. The number of hydrogen-bond donors (Lipinski definition) is 1. The minimum Gasteiger partial charge on any atom is -0.477 e. The molecule has 0 saturated heterocycles. The molecule has 0 unspecified atom stereocenters. The Morgan fingerprint density at radius 1 is 1.26 bits per heavy atom. The summed E-state index contributed by atoms with van der Waals surface area (Å²) in [4.78, 5) is 21.8. The number of amides is 1. The Hall–Kier alpha value is -2.93. The lowest BCUT2D eigenvalue weighted by atomic mass is 10.2. The average Bonchev–Trinajstić information content (AvgIpc) is 2.55. The maximum Gasteiger partial charge on any atom is 0.310 e. The molecule has 0 aliphatic rings. The third-order valence-electron chi connectivity index (χ3n) is 2.69. The largest absolute Gasteiger partial charge is 0.477 e. The summed E-state index contributed by atoms with van der Waals surface area (Å²) >= 11 is 5.75. The van der Waals surface area contributed by atoms with E-state index in [1.807, 2.05) is 0 Å². The van der Waals surface area contributed by atoms with Gasteiger partial charge in [-0.25, -0.2) is 5.43 Å². The summed E-state index contributed by atoms with van der Waals surface area (Å²) in [5.74, 6) is -0.511. The Morgan fingerprint density at radius 3 is 2.65 bits per heavy atom. The number of nitrogens with zero attached hydrogens (tertiary/aromatic N) is 2. The van der Waals surface area contributed by atoms with Crippen molar-refractivity contribution in [2.45, 2.75) is 0 Å². The molecular formula is C15H12ClN3O4. The van der Waals surface area contributed by atoms with Crippen molar-refractivity contribution in [1.82, 2.24) is 5.43 Å². The van der Waals surface area contributed by atoms with Crippen LogP contribution in [0.25, 0.3) is 0 Å². The van der Waals surface area contributed by atoms with Gasteiger partial charge in [0.15, 0.2) is 12.4 Å². The van der Waals surface area contributed by atoms with Crippen molar-refractivity contribution in [3.05, 3.63) is 69.2 Å². The zero-order valence-corrected chi connectivity index (χ0v) is 12.6. The first-order valence-corrected chi connectivity index (χ1v) is 6.88. The summed E-state index contributed by atoms with van der Waals surface area (Å²) in [5, 5.41) is 15.2. The van der Waals surface area contributed by atoms with Gasteiger partial charge in [0.2, 0.25) is 0 Å². The van der Waals surface area contributed by atoms with Crippen LogP contribution in [0.4, 0.5) is 5.69 Å². The molecule has 8 heteroatoms. The van der Waals surface area contributed by atoms with E-state index in [4.69, 9.17) is 16.3 Å². The number of hydrogen-bond acceptors (Lipinski definition) is 5. The monoisotopic (exact) mass is 333 g/mol. The average molecular weight is 334 g/mol. The van der Waals surface area contributed by atoms with Gasteiger partial charge in [-0.05, 0) is 23.8 Å². The highest BCUT2D eigenvalue weighted by Crippen LogP contribution is 2.25. The Kier molecular flexibility index (Phi) is 5.65. The second-order valence-electron chi connectivity index (χ2n) is 4.36. The third kappa shape index (κ3) is 5.08. The molecule has 2 aromatic carbocycles. The molecule has 7 nitrogen and oxygen atoms in total. The van der Waals surface area contributed by atoms with Crippen LogP contribution in [0.15, 0.2) is 53.6 Å². The molecular weight excluding hydrogens is 322 g/mol. The highest BCUT2D eigenvalue weighted by Gasteiger charge is 2.14. The van der Waals surface area contributed by atoms with Crippen LogP contribution in [0, 0.1) is 10.1 Å². The van der Waals surface area contributed by atoms with Gasteiger partial charge in [0, 0.05) is 11.1 Å². The van der Waals surface area contributed by atoms with Crippen LogP contribution in [-0.2, 0) is 4.79 Å². The second kappa shape index (κ2) is 7.90. The molecule has 2 rings (SSSR count). The van der Waals surface area contributed by atoms with E-state index in [0.717, 1.165) is 5.56 Å². The maximum atomic E-state index is 11.6. The smallest absolute Gasteiger partial charge is 0.310 e. The fraction of sp³-hybridized carbons (Fsp3) is 0.0667. The minimum atomic E-state index is -0.577. The maximum absolute atomic E-state index is 11.6. The Morgan fingerprint density at radius 2 is 1.96 bits per heavy atom. The number of benzene rings is 2. The topological polar surface area (TPSA) is 93.8 Å². The van der Waals surface area contributed by atoms with Gasteiger partial charge in [0.05, 0.1) is 11.1 Å². The first kappa shape index (κ1) is 16.4. The van der Waals surface area contributed by atoms with E-state index in [1.165, 1.54) is 24.4 Å². The molecule has 1 N–H and O–H groups in total. The zero-order valence-electron chi connectivity index (χ0n) is 11.8. The van der Waals surface area contributed by atoms with Crippen molar-refractivity contribution in [3.63, 3.8) is 0 Å². The number of carbonyl (C=O) groups excluding carboxylic acids is 1.